The molecule has 0 saturated carbocycles. The van der Waals surface area contributed by atoms with E-state index in [9.17, 15) is 13.2 Å². The van der Waals surface area contributed by atoms with Crippen LogP contribution in [-0.2, 0) is 20.4 Å². The van der Waals surface area contributed by atoms with Crippen molar-refractivity contribution < 1.29 is 37.4 Å². The third kappa shape index (κ3) is 6.53. The molecule has 0 aromatic heterocycles. The van der Waals surface area contributed by atoms with Gasteiger partial charge < -0.3 is 24.3 Å². The van der Waals surface area contributed by atoms with Gasteiger partial charge in [-0.1, -0.05) is 6.07 Å². The van der Waals surface area contributed by atoms with Crippen molar-refractivity contribution in [1.29, 1.82) is 0 Å². The number of amides is 1. The molecule has 0 heterocycles. The van der Waals surface area contributed by atoms with Crippen molar-refractivity contribution in [3.63, 3.8) is 0 Å². The molecule has 3 N–H and O–H groups in total. The van der Waals surface area contributed by atoms with Crippen molar-refractivity contribution in [2.45, 2.75) is 5.75 Å². The minimum Gasteiger partial charge on any atom is -0.496 e. The Labute approximate surface area is 186 Å². The minimum absolute atomic E-state index is 0.222. The SMILES string of the molecule is COc1cc(OC)c(/C=C/S(=O)(=O)Cc2ccc(OC)c(NCC(=O)NO)c2)c(OC)c1. The van der Waals surface area contributed by atoms with Crippen LogP contribution in [0.15, 0.2) is 35.7 Å². The molecule has 10 nitrogen and oxygen atoms in total. The van der Waals surface area contributed by atoms with Crippen molar-refractivity contribution in [3.05, 3.63) is 46.9 Å². The van der Waals surface area contributed by atoms with Crippen molar-refractivity contribution in [2.75, 3.05) is 40.3 Å². The van der Waals surface area contributed by atoms with Gasteiger partial charge in [0, 0.05) is 17.5 Å². The Morgan fingerprint density at radius 2 is 1.59 bits per heavy atom. The van der Waals surface area contributed by atoms with Crippen LogP contribution in [0.25, 0.3) is 6.08 Å². The Morgan fingerprint density at radius 3 is 2.12 bits per heavy atom. The molecule has 32 heavy (non-hydrogen) atoms. The first-order chi connectivity index (χ1) is 15.3. The van der Waals surface area contributed by atoms with Crippen molar-refractivity contribution in [2.24, 2.45) is 0 Å². The van der Waals surface area contributed by atoms with Crippen LogP contribution in [-0.4, -0.2) is 54.5 Å². The smallest absolute Gasteiger partial charge is 0.262 e. The third-order valence-corrected chi connectivity index (χ3v) is 5.68. The molecule has 11 heteroatoms. The van der Waals surface area contributed by atoms with Crippen molar-refractivity contribution in [1.82, 2.24) is 5.48 Å². The van der Waals surface area contributed by atoms with E-state index in [1.54, 1.807) is 30.3 Å². The number of rotatable bonds is 11. The molecular formula is C21H26N2O8S. The maximum atomic E-state index is 12.7. The number of ether oxygens (including phenoxy) is 4. The molecule has 0 saturated heterocycles. The summed E-state index contributed by atoms with van der Waals surface area (Å²) in [5, 5.41) is 12.5. The first kappa shape index (κ1) is 24.8. The number of carbonyl (C=O) groups is 1. The van der Waals surface area contributed by atoms with Gasteiger partial charge in [0.25, 0.3) is 5.91 Å². The van der Waals surface area contributed by atoms with Crippen molar-refractivity contribution >= 4 is 27.5 Å². The second kappa shape index (κ2) is 11.3. The van der Waals surface area contributed by atoms with Gasteiger partial charge in [0.1, 0.15) is 23.0 Å². The average Bonchev–Trinajstić information content (AvgIpc) is 2.80. The fourth-order valence-corrected chi connectivity index (χ4v) is 3.93. The quantitative estimate of drug-likeness (QED) is 0.337. The molecule has 0 aliphatic rings. The summed E-state index contributed by atoms with van der Waals surface area (Å²) in [6.45, 7) is -0.222. The van der Waals surface area contributed by atoms with Crippen LogP contribution in [0.3, 0.4) is 0 Å². The monoisotopic (exact) mass is 466 g/mol. The Balaban J connectivity index is 2.29. The normalized spacial score (nSPS) is 11.2. The molecule has 2 aromatic carbocycles. The molecule has 174 valence electrons. The Bertz CT molecular complexity index is 1060. The van der Waals surface area contributed by atoms with Crippen LogP contribution >= 0.6 is 0 Å². The van der Waals surface area contributed by atoms with E-state index in [0.29, 0.717) is 39.8 Å². The van der Waals surface area contributed by atoms with Gasteiger partial charge in [-0.15, -0.1) is 0 Å². The van der Waals surface area contributed by atoms with Crippen LogP contribution in [0.4, 0.5) is 5.69 Å². The van der Waals surface area contributed by atoms with E-state index >= 15 is 0 Å². The third-order valence-electron chi connectivity index (χ3n) is 4.39. The number of sulfone groups is 1. The first-order valence-electron chi connectivity index (χ1n) is 9.31. The summed E-state index contributed by atoms with van der Waals surface area (Å²) in [7, 11) is 2.19. The zero-order valence-electron chi connectivity index (χ0n) is 18.2. The van der Waals surface area contributed by atoms with Gasteiger partial charge >= 0.3 is 0 Å². The lowest BCUT2D eigenvalue weighted by atomic mass is 10.1. The summed E-state index contributed by atoms with van der Waals surface area (Å²) >= 11 is 0. The molecule has 0 spiro atoms. The van der Waals surface area contributed by atoms with E-state index in [1.807, 2.05) is 0 Å². The van der Waals surface area contributed by atoms with Gasteiger partial charge in [0.15, 0.2) is 9.84 Å². The largest absolute Gasteiger partial charge is 0.496 e. The van der Waals surface area contributed by atoms with Gasteiger partial charge in [0.05, 0.1) is 52.0 Å². The Hall–Kier alpha value is -3.44. The standard InChI is InChI=1S/C21H26N2O8S/c1-28-15-10-19(30-3)16(20(11-15)31-4)7-8-32(26,27)13-14-5-6-18(29-2)17(9-14)22-12-21(24)23-25/h5-11,22,25H,12-13H2,1-4H3,(H,23,24)/b8-7+. The van der Waals surface area contributed by atoms with E-state index in [2.05, 4.69) is 5.32 Å². The lowest BCUT2D eigenvalue weighted by Crippen LogP contribution is -2.26. The second-order valence-electron chi connectivity index (χ2n) is 6.48. The average molecular weight is 467 g/mol. The Kier molecular flexibility index (Phi) is 8.73. The number of methoxy groups -OCH3 is 4. The number of anilines is 1. The van der Waals surface area contributed by atoms with E-state index in [0.717, 1.165) is 5.41 Å². The highest BCUT2D eigenvalue weighted by molar-refractivity contribution is 7.93. The van der Waals surface area contributed by atoms with Crippen LogP contribution in [0.1, 0.15) is 11.1 Å². The second-order valence-corrected chi connectivity index (χ2v) is 8.37. The first-order valence-corrected chi connectivity index (χ1v) is 11.0. The maximum Gasteiger partial charge on any atom is 0.262 e. The zero-order valence-corrected chi connectivity index (χ0v) is 19.0. The predicted octanol–water partition coefficient (Wildman–Crippen LogP) is 2.22. The predicted molar refractivity (Wildman–Crippen MR) is 119 cm³/mol. The van der Waals surface area contributed by atoms with E-state index in [-0.39, 0.29) is 12.3 Å². The summed E-state index contributed by atoms with van der Waals surface area (Å²) in [5.41, 5.74) is 2.84. The fourth-order valence-electron chi connectivity index (χ4n) is 2.85. The highest BCUT2D eigenvalue weighted by Gasteiger charge is 2.15. The summed E-state index contributed by atoms with van der Waals surface area (Å²) in [4.78, 5) is 11.3. The van der Waals surface area contributed by atoms with E-state index in [1.165, 1.54) is 40.0 Å². The molecule has 0 atom stereocenters. The molecule has 0 fully saturated rings. The lowest BCUT2D eigenvalue weighted by Gasteiger charge is -2.13. The van der Waals surface area contributed by atoms with Crippen LogP contribution in [0.2, 0.25) is 0 Å². The molecule has 2 aromatic rings. The molecule has 0 bridgehead atoms. The van der Waals surface area contributed by atoms with Gasteiger partial charge in [-0.05, 0) is 23.8 Å². The highest BCUT2D eigenvalue weighted by atomic mass is 32.2. The van der Waals surface area contributed by atoms with E-state index in [4.69, 9.17) is 24.2 Å². The summed E-state index contributed by atoms with van der Waals surface area (Å²) in [5.74, 6) is 0.758. The number of hydrogen-bond donors (Lipinski definition) is 3. The summed E-state index contributed by atoms with van der Waals surface area (Å²) in [6, 6.07) is 8.00. The lowest BCUT2D eigenvalue weighted by molar-refractivity contribution is -0.127. The number of hydrogen-bond acceptors (Lipinski definition) is 9. The van der Waals surface area contributed by atoms with Crippen LogP contribution < -0.4 is 29.7 Å². The van der Waals surface area contributed by atoms with Gasteiger partial charge in [-0.25, -0.2) is 13.9 Å². The molecule has 0 unspecified atom stereocenters. The molecule has 0 radical (unpaired) electrons. The van der Waals surface area contributed by atoms with Gasteiger partial charge in [-0.2, -0.15) is 0 Å². The van der Waals surface area contributed by atoms with Crippen LogP contribution in [0, 0.1) is 0 Å². The minimum atomic E-state index is -3.68. The topological polar surface area (TPSA) is 132 Å². The van der Waals surface area contributed by atoms with Gasteiger partial charge in [-0.3, -0.25) is 10.0 Å². The fraction of sp³-hybridized carbons (Fsp3) is 0.286. The van der Waals surface area contributed by atoms with Crippen LogP contribution in [0.5, 0.6) is 23.0 Å². The molecule has 1 amide bonds. The number of carbonyl (C=O) groups excluding carboxylic acids is 1. The maximum absolute atomic E-state index is 12.7. The molecule has 0 aliphatic heterocycles. The zero-order chi connectivity index (χ0) is 23.7. The molecular weight excluding hydrogens is 440 g/mol. The molecule has 0 aliphatic carbocycles. The summed E-state index contributed by atoms with van der Waals surface area (Å²) in [6.07, 6.45) is 1.40. The molecule has 2 rings (SSSR count). The Morgan fingerprint density at radius 1 is 0.969 bits per heavy atom. The van der Waals surface area contributed by atoms with Gasteiger partial charge in [0.2, 0.25) is 0 Å². The highest BCUT2D eigenvalue weighted by Crippen LogP contribution is 2.35. The summed E-state index contributed by atoms with van der Waals surface area (Å²) < 4.78 is 46.5. The van der Waals surface area contributed by atoms with E-state index < -0.39 is 15.7 Å². The number of benzene rings is 2. The number of hydroxylamine groups is 1. The number of nitrogens with one attached hydrogen (secondary N) is 2. The van der Waals surface area contributed by atoms with Crippen molar-refractivity contribution in [3.8, 4) is 23.0 Å².